The zero-order valence-corrected chi connectivity index (χ0v) is 14.8. The smallest absolute Gasteiger partial charge is 0.240 e. The van der Waals surface area contributed by atoms with Crippen LogP contribution in [0.1, 0.15) is 66.2 Å². The lowest BCUT2D eigenvalue weighted by atomic mass is 9.54. The molecule has 4 heteroatoms. The summed E-state index contributed by atoms with van der Waals surface area (Å²) in [6.45, 7) is 9.83. The molecule has 128 valence electrons. The number of nitrogens with two attached hydrogens (primary N) is 1. The number of hydrogen-bond donors (Lipinski definition) is 2. The average Bonchev–Trinajstić information content (AvgIpc) is 2.46. The summed E-state index contributed by atoms with van der Waals surface area (Å²) in [5.41, 5.74) is 5.31. The Hall–Kier alpha value is -0.610. The van der Waals surface area contributed by atoms with E-state index in [2.05, 4.69) is 12.2 Å². The van der Waals surface area contributed by atoms with Crippen molar-refractivity contribution in [3.05, 3.63) is 0 Å². The van der Waals surface area contributed by atoms with Crippen molar-refractivity contribution in [2.24, 2.45) is 23.0 Å². The van der Waals surface area contributed by atoms with E-state index in [0.29, 0.717) is 13.0 Å². The van der Waals surface area contributed by atoms with Crippen molar-refractivity contribution in [3.63, 3.8) is 0 Å². The molecule has 4 unspecified atom stereocenters. The minimum Gasteiger partial charge on any atom is -0.378 e. The van der Waals surface area contributed by atoms with Crippen LogP contribution < -0.4 is 11.1 Å². The van der Waals surface area contributed by atoms with E-state index >= 15 is 0 Å². The van der Waals surface area contributed by atoms with Crippen LogP contribution in [0.5, 0.6) is 0 Å². The van der Waals surface area contributed by atoms with Gasteiger partial charge in [0.25, 0.3) is 0 Å². The fourth-order valence-electron chi connectivity index (χ4n) is 4.19. The minimum absolute atomic E-state index is 0.00249. The van der Waals surface area contributed by atoms with Crippen LogP contribution in [0, 0.1) is 17.3 Å². The molecular weight excluding hydrogens is 276 g/mol. The minimum atomic E-state index is -0.785. The van der Waals surface area contributed by atoms with Gasteiger partial charge < -0.3 is 15.8 Å². The third-order valence-corrected chi connectivity index (χ3v) is 6.12. The Morgan fingerprint density at radius 1 is 1.36 bits per heavy atom. The van der Waals surface area contributed by atoms with E-state index in [0.717, 1.165) is 24.8 Å². The molecule has 4 nitrogen and oxygen atoms in total. The highest BCUT2D eigenvalue weighted by Crippen LogP contribution is 2.49. The van der Waals surface area contributed by atoms with Crippen LogP contribution >= 0.6 is 0 Å². The molecule has 0 heterocycles. The predicted octanol–water partition coefficient (Wildman–Crippen LogP) is 2.85. The molecule has 22 heavy (non-hydrogen) atoms. The molecule has 0 aromatic heterocycles. The van der Waals surface area contributed by atoms with Crippen LogP contribution in [0.25, 0.3) is 0 Å². The van der Waals surface area contributed by atoms with E-state index in [9.17, 15) is 4.79 Å². The van der Waals surface area contributed by atoms with E-state index in [1.807, 2.05) is 20.8 Å². The summed E-state index contributed by atoms with van der Waals surface area (Å²) in [5, 5.41) is 3.09. The molecule has 3 N–H and O–H groups in total. The molecule has 2 rings (SSSR count). The Bertz CT molecular complexity index is 397. The average molecular weight is 310 g/mol. The van der Waals surface area contributed by atoms with E-state index in [-0.39, 0.29) is 17.4 Å². The monoisotopic (exact) mass is 310 g/mol. The van der Waals surface area contributed by atoms with Gasteiger partial charge in [-0.1, -0.05) is 40.0 Å². The molecule has 2 saturated carbocycles. The summed E-state index contributed by atoms with van der Waals surface area (Å²) < 4.78 is 5.69. The largest absolute Gasteiger partial charge is 0.378 e. The first-order valence-corrected chi connectivity index (χ1v) is 9.00. The van der Waals surface area contributed by atoms with Crippen LogP contribution in [0.15, 0.2) is 0 Å². The molecule has 4 atom stereocenters. The van der Waals surface area contributed by atoms with E-state index in [4.69, 9.17) is 10.5 Å². The first-order valence-electron chi connectivity index (χ1n) is 9.00. The van der Waals surface area contributed by atoms with Gasteiger partial charge in [0, 0.05) is 25.0 Å². The lowest BCUT2D eigenvalue weighted by molar-refractivity contribution is -0.170. The zero-order chi connectivity index (χ0) is 16.4. The topological polar surface area (TPSA) is 64.3 Å². The molecule has 1 amide bonds. The lowest BCUT2D eigenvalue weighted by Crippen LogP contribution is -2.75. The lowest BCUT2D eigenvalue weighted by Gasteiger charge is -2.57. The molecule has 0 aromatic rings. The number of ether oxygens (including phenoxy) is 1. The van der Waals surface area contributed by atoms with Crippen molar-refractivity contribution < 1.29 is 9.53 Å². The third-order valence-electron chi connectivity index (χ3n) is 6.12. The van der Waals surface area contributed by atoms with Crippen molar-refractivity contribution in [2.45, 2.75) is 77.9 Å². The second kappa shape index (κ2) is 6.88. The predicted molar refractivity (Wildman–Crippen MR) is 89.5 cm³/mol. The Kier molecular flexibility index (Phi) is 5.54. The molecule has 0 spiro atoms. The van der Waals surface area contributed by atoms with Crippen molar-refractivity contribution in [1.29, 1.82) is 0 Å². The van der Waals surface area contributed by atoms with Gasteiger partial charge in [0.1, 0.15) is 5.54 Å². The maximum Gasteiger partial charge on any atom is 0.240 e. The fourth-order valence-corrected chi connectivity index (χ4v) is 4.19. The van der Waals surface area contributed by atoms with Gasteiger partial charge in [-0.2, -0.15) is 0 Å². The summed E-state index contributed by atoms with van der Waals surface area (Å²) in [6, 6.07) is 0. The van der Waals surface area contributed by atoms with Gasteiger partial charge in [-0.25, -0.2) is 0 Å². The van der Waals surface area contributed by atoms with Gasteiger partial charge in [-0.3, -0.25) is 4.79 Å². The Morgan fingerprint density at radius 2 is 2.09 bits per heavy atom. The Labute approximate surface area is 135 Å². The maximum absolute atomic E-state index is 12.5. The van der Waals surface area contributed by atoms with Crippen molar-refractivity contribution in [1.82, 2.24) is 5.32 Å². The van der Waals surface area contributed by atoms with Gasteiger partial charge in [0.05, 0.1) is 6.10 Å². The second-order valence-corrected chi connectivity index (χ2v) is 8.02. The van der Waals surface area contributed by atoms with Crippen LogP contribution in [-0.2, 0) is 9.53 Å². The van der Waals surface area contributed by atoms with Crippen LogP contribution in [-0.4, -0.2) is 30.7 Å². The SMILES string of the molecule is CCOC1CC(N)(C(=O)NCCC2CCCC(C)C2)C1(C)C. The van der Waals surface area contributed by atoms with E-state index < -0.39 is 5.54 Å². The normalized spacial score (nSPS) is 37.4. The molecule has 0 aliphatic heterocycles. The Morgan fingerprint density at radius 3 is 2.68 bits per heavy atom. The van der Waals surface area contributed by atoms with E-state index in [1.165, 1.54) is 25.7 Å². The van der Waals surface area contributed by atoms with Gasteiger partial charge in [-0.15, -0.1) is 0 Å². The van der Waals surface area contributed by atoms with Crippen molar-refractivity contribution >= 4 is 5.91 Å². The third kappa shape index (κ3) is 3.33. The number of nitrogens with one attached hydrogen (secondary N) is 1. The highest BCUT2D eigenvalue weighted by atomic mass is 16.5. The van der Waals surface area contributed by atoms with Crippen LogP contribution in [0.4, 0.5) is 0 Å². The standard InChI is InChI=1S/C18H34N2O2/c1-5-22-15-12-18(19,17(15,3)4)16(21)20-10-9-14-8-6-7-13(2)11-14/h13-15H,5-12,19H2,1-4H3,(H,20,21). The number of carbonyl (C=O) groups is 1. The highest BCUT2D eigenvalue weighted by Gasteiger charge is 2.62. The molecule has 0 saturated heterocycles. The highest BCUT2D eigenvalue weighted by molar-refractivity contribution is 5.88. The molecule has 0 aromatic carbocycles. The number of hydrogen-bond acceptors (Lipinski definition) is 3. The summed E-state index contributed by atoms with van der Waals surface area (Å²) in [5.74, 6) is 1.61. The Balaban J connectivity index is 1.78. The number of carbonyl (C=O) groups excluding carboxylic acids is 1. The zero-order valence-electron chi connectivity index (χ0n) is 14.8. The van der Waals surface area contributed by atoms with Crippen molar-refractivity contribution in [2.75, 3.05) is 13.2 Å². The van der Waals surface area contributed by atoms with Gasteiger partial charge >= 0.3 is 0 Å². The maximum atomic E-state index is 12.5. The summed E-state index contributed by atoms with van der Waals surface area (Å²) in [7, 11) is 0. The molecular formula is C18H34N2O2. The summed E-state index contributed by atoms with van der Waals surface area (Å²) in [6.07, 6.45) is 7.12. The van der Waals surface area contributed by atoms with Gasteiger partial charge in [0.15, 0.2) is 0 Å². The van der Waals surface area contributed by atoms with Crippen molar-refractivity contribution in [3.8, 4) is 0 Å². The number of amides is 1. The summed E-state index contributed by atoms with van der Waals surface area (Å²) >= 11 is 0. The van der Waals surface area contributed by atoms with Gasteiger partial charge in [0.2, 0.25) is 5.91 Å². The first-order chi connectivity index (χ1) is 10.3. The quantitative estimate of drug-likeness (QED) is 0.793. The molecule has 2 aliphatic carbocycles. The summed E-state index contributed by atoms with van der Waals surface area (Å²) in [4.78, 5) is 12.5. The second-order valence-electron chi connectivity index (χ2n) is 8.02. The molecule has 2 fully saturated rings. The first kappa shape index (κ1) is 17.7. The van der Waals surface area contributed by atoms with E-state index in [1.54, 1.807) is 0 Å². The van der Waals surface area contributed by atoms with Crippen LogP contribution in [0.3, 0.4) is 0 Å². The fraction of sp³-hybridized carbons (Fsp3) is 0.944. The van der Waals surface area contributed by atoms with Gasteiger partial charge in [-0.05, 0) is 31.6 Å². The molecule has 2 aliphatic rings. The molecule has 0 bridgehead atoms. The molecule has 0 radical (unpaired) electrons. The number of rotatable bonds is 6. The van der Waals surface area contributed by atoms with Crippen LogP contribution in [0.2, 0.25) is 0 Å².